The first kappa shape index (κ1) is 14.6. The number of nitrogens with zero attached hydrogens (tertiary/aromatic N) is 4. The molecule has 8 heteroatoms. The van der Waals surface area contributed by atoms with Crippen molar-refractivity contribution in [1.82, 2.24) is 19.7 Å². The second kappa shape index (κ2) is 6.23. The van der Waals surface area contributed by atoms with E-state index in [1.165, 1.54) is 0 Å². The normalized spacial score (nSPS) is 14.0. The van der Waals surface area contributed by atoms with E-state index in [0.717, 1.165) is 11.3 Å². The summed E-state index contributed by atoms with van der Waals surface area (Å²) in [5.41, 5.74) is 0.882. The Morgan fingerprint density at radius 1 is 1.50 bits per heavy atom. The standard InChI is InChI=1S/C14H16ClN5O2/c1-2-20-9-16-13(18-20)17-14(21)19-5-6-22-12-4-3-11(15)7-10(12)8-19/h3-4,7,9H,2,5-6,8H2,1H3,(H,17,18,21). The third-order valence-corrected chi connectivity index (χ3v) is 3.60. The summed E-state index contributed by atoms with van der Waals surface area (Å²) in [5.74, 6) is 1.05. The molecule has 116 valence electrons. The highest BCUT2D eigenvalue weighted by atomic mass is 35.5. The maximum atomic E-state index is 12.3. The number of hydrogen-bond acceptors (Lipinski definition) is 4. The summed E-state index contributed by atoms with van der Waals surface area (Å²) in [6, 6.07) is 5.15. The van der Waals surface area contributed by atoms with Crippen LogP contribution in [-0.2, 0) is 13.1 Å². The molecule has 0 saturated carbocycles. The van der Waals surface area contributed by atoms with Gasteiger partial charge in [-0.3, -0.25) is 10.00 Å². The van der Waals surface area contributed by atoms with E-state index in [1.807, 2.05) is 19.1 Å². The monoisotopic (exact) mass is 321 g/mol. The average Bonchev–Trinajstić information content (AvgIpc) is 2.85. The fourth-order valence-electron chi connectivity index (χ4n) is 2.22. The van der Waals surface area contributed by atoms with E-state index in [4.69, 9.17) is 16.3 Å². The van der Waals surface area contributed by atoms with Gasteiger partial charge in [-0.05, 0) is 25.1 Å². The van der Waals surface area contributed by atoms with Crippen molar-refractivity contribution in [2.45, 2.75) is 20.0 Å². The van der Waals surface area contributed by atoms with Crippen LogP contribution in [0.2, 0.25) is 5.02 Å². The fourth-order valence-corrected chi connectivity index (χ4v) is 2.41. The van der Waals surface area contributed by atoms with Gasteiger partial charge in [0.05, 0.1) is 13.1 Å². The molecule has 0 radical (unpaired) electrons. The molecule has 3 rings (SSSR count). The molecule has 0 spiro atoms. The summed E-state index contributed by atoms with van der Waals surface area (Å²) >= 11 is 6.01. The topological polar surface area (TPSA) is 72.3 Å². The van der Waals surface area contributed by atoms with Crippen molar-refractivity contribution in [3.8, 4) is 5.75 Å². The zero-order valence-electron chi connectivity index (χ0n) is 12.1. The van der Waals surface area contributed by atoms with Gasteiger partial charge < -0.3 is 9.64 Å². The third kappa shape index (κ3) is 3.14. The van der Waals surface area contributed by atoms with Crippen LogP contribution in [0, 0.1) is 0 Å². The minimum absolute atomic E-state index is 0.259. The molecule has 22 heavy (non-hydrogen) atoms. The Hall–Kier alpha value is -2.28. The molecule has 0 aliphatic carbocycles. The summed E-state index contributed by atoms with van der Waals surface area (Å²) in [4.78, 5) is 18.0. The third-order valence-electron chi connectivity index (χ3n) is 3.37. The number of amides is 2. The summed E-state index contributed by atoms with van der Waals surface area (Å²) in [7, 11) is 0. The number of carbonyl (C=O) groups excluding carboxylic acids is 1. The summed E-state index contributed by atoms with van der Waals surface area (Å²) in [6.45, 7) is 3.99. The summed E-state index contributed by atoms with van der Waals surface area (Å²) in [6.07, 6.45) is 1.58. The van der Waals surface area contributed by atoms with Crippen LogP contribution in [0.4, 0.5) is 10.7 Å². The Morgan fingerprint density at radius 2 is 2.36 bits per heavy atom. The van der Waals surface area contributed by atoms with Gasteiger partial charge >= 0.3 is 6.03 Å². The van der Waals surface area contributed by atoms with Crippen molar-refractivity contribution >= 4 is 23.6 Å². The van der Waals surface area contributed by atoms with E-state index < -0.39 is 0 Å². The van der Waals surface area contributed by atoms with Crippen molar-refractivity contribution < 1.29 is 9.53 Å². The number of aromatic nitrogens is 3. The Balaban J connectivity index is 1.72. The van der Waals surface area contributed by atoms with E-state index >= 15 is 0 Å². The van der Waals surface area contributed by atoms with Gasteiger partial charge in [0.25, 0.3) is 0 Å². The molecule has 1 aromatic heterocycles. The predicted octanol–water partition coefficient (Wildman–Crippen LogP) is 2.38. The fraction of sp³-hybridized carbons (Fsp3) is 0.357. The van der Waals surface area contributed by atoms with Crippen LogP contribution in [0.3, 0.4) is 0 Å². The molecule has 2 heterocycles. The second-order valence-corrected chi connectivity index (χ2v) is 5.31. The van der Waals surface area contributed by atoms with Crippen LogP contribution in [0.25, 0.3) is 0 Å². The number of ether oxygens (including phenoxy) is 1. The van der Waals surface area contributed by atoms with E-state index in [-0.39, 0.29) is 6.03 Å². The molecule has 7 nitrogen and oxygen atoms in total. The molecule has 1 aliphatic heterocycles. The van der Waals surface area contributed by atoms with Gasteiger partial charge in [-0.2, -0.15) is 0 Å². The largest absolute Gasteiger partial charge is 0.491 e. The maximum absolute atomic E-state index is 12.3. The second-order valence-electron chi connectivity index (χ2n) is 4.88. The number of urea groups is 1. The van der Waals surface area contributed by atoms with Gasteiger partial charge in [0.2, 0.25) is 5.95 Å². The highest BCUT2D eigenvalue weighted by molar-refractivity contribution is 6.30. The minimum Gasteiger partial charge on any atom is -0.491 e. The molecule has 0 unspecified atom stereocenters. The maximum Gasteiger partial charge on any atom is 0.324 e. The van der Waals surface area contributed by atoms with Crippen molar-refractivity contribution in [3.05, 3.63) is 35.1 Å². The van der Waals surface area contributed by atoms with E-state index in [9.17, 15) is 4.79 Å². The molecule has 1 aliphatic rings. The average molecular weight is 322 g/mol. The number of halogens is 1. The van der Waals surface area contributed by atoms with Crippen LogP contribution in [0.5, 0.6) is 5.75 Å². The molecule has 0 fully saturated rings. The lowest BCUT2D eigenvalue weighted by molar-refractivity contribution is 0.200. The van der Waals surface area contributed by atoms with Crippen LogP contribution in [-0.4, -0.2) is 38.8 Å². The first-order chi connectivity index (χ1) is 10.7. The number of benzene rings is 1. The Morgan fingerprint density at radius 3 is 3.14 bits per heavy atom. The Labute approximate surface area is 132 Å². The van der Waals surface area contributed by atoms with E-state index in [0.29, 0.717) is 37.2 Å². The van der Waals surface area contributed by atoms with Crippen LogP contribution >= 0.6 is 11.6 Å². The van der Waals surface area contributed by atoms with Crippen LogP contribution < -0.4 is 10.1 Å². The number of carbonyl (C=O) groups is 1. The molecule has 0 saturated heterocycles. The summed E-state index contributed by atoms with van der Waals surface area (Å²) < 4.78 is 7.29. The number of anilines is 1. The van der Waals surface area contributed by atoms with Crippen LogP contribution in [0.15, 0.2) is 24.5 Å². The van der Waals surface area contributed by atoms with Gasteiger partial charge in [0.1, 0.15) is 18.7 Å². The van der Waals surface area contributed by atoms with Gasteiger partial charge in [-0.25, -0.2) is 9.78 Å². The van der Waals surface area contributed by atoms with E-state index in [2.05, 4.69) is 15.4 Å². The van der Waals surface area contributed by atoms with Crippen molar-refractivity contribution in [3.63, 3.8) is 0 Å². The molecule has 2 amide bonds. The molecule has 1 aromatic carbocycles. The van der Waals surface area contributed by atoms with Crippen molar-refractivity contribution in [2.75, 3.05) is 18.5 Å². The van der Waals surface area contributed by atoms with Gasteiger partial charge in [-0.1, -0.05) is 11.6 Å². The highest BCUT2D eigenvalue weighted by Crippen LogP contribution is 2.26. The lowest BCUT2D eigenvalue weighted by Crippen LogP contribution is -2.36. The predicted molar refractivity (Wildman–Crippen MR) is 82.1 cm³/mol. The van der Waals surface area contributed by atoms with Gasteiger partial charge in [0, 0.05) is 17.1 Å². The lowest BCUT2D eigenvalue weighted by Gasteiger charge is -2.19. The number of nitrogens with one attached hydrogen (secondary N) is 1. The number of fused-ring (bicyclic) bond motifs is 1. The first-order valence-electron chi connectivity index (χ1n) is 7.02. The SMILES string of the molecule is CCn1cnc(NC(=O)N2CCOc3ccc(Cl)cc3C2)n1. The minimum atomic E-state index is -0.259. The zero-order valence-corrected chi connectivity index (χ0v) is 12.9. The Bertz CT molecular complexity index is 688. The molecular formula is C14H16ClN5O2. The first-order valence-corrected chi connectivity index (χ1v) is 7.40. The molecule has 1 N–H and O–H groups in total. The zero-order chi connectivity index (χ0) is 15.5. The van der Waals surface area contributed by atoms with Gasteiger partial charge in [-0.15, -0.1) is 5.10 Å². The Kier molecular flexibility index (Phi) is 4.15. The number of hydrogen-bond donors (Lipinski definition) is 1. The highest BCUT2D eigenvalue weighted by Gasteiger charge is 2.21. The smallest absolute Gasteiger partial charge is 0.324 e. The van der Waals surface area contributed by atoms with E-state index in [1.54, 1.807) is 22.0 Å². The van der Waals surface area contributed by atoms with Crippen LogP contribution in [0.1, 0.15) is 12.5 Å². The molecule has 0 atom stereocenters. The van der Waals surface area contributed by atoms with Gasteiger partial charge in [0.15, 0.2) is 0 Å². The number of rotatable bonds is 2. The molecule has 0 bridgehead atoms. The number of aryl methyl sites for hydroxylation is 1. The quantitative estimate of drug-likeness (QED) is 0.921. The molecular weight excluding hydrogens is 306 g/mol. The van der Waals surface area contributed by atoms with Crippen molar-refractivity contribution in [1.29, 1.82) is 0 Å². The lowest BCUT2D eigenvalue weighted by atomic mass is 10.2. The molecule has 2 aromatic rings. The summed E-state index contributed by atoms with van der Waals surface area (Å²) in [5, 5.41) is 7.45. The van der Waals surface area contributed by atoms with Crippen molar-refractivity contribution in [2.24, 2.45) is 0 Å².